The Bertz CT molecular complexity index is 668. The molecule has 1 aromatic rings. The van der Waals surface area contributed by atoms with Crippen LogP contribution in [0.15, 0.2) is 24.3 Å². The Hall–Kier alpha value is -1.66. The highest BCUT2D eigenvalue weighted by atomic mass is 19.1. The lowest BCUT2D eigenvalue weighted by Crippen LogP contribution is -2.56. The van der Waals surface area contributed by atoms with Gasteiger partial charge in [0.25, 0.3) is 0 Å². The normalized spacial score (nSPS) is 28.1. The average molecular weight is 389 g/mol. The predicted octanol–water partition coefficient (Wildman–Crippen LogP) is 2.42. The van der Waals surface area contributed by atoms with Crippen molar-refractivity contribution in [2.75, 3.05) is 50.7 Å². The summed E-state index contributed by atoms with van der Waals surface area (Å²) in [4.78, 5) is 22.5. The van der Waals surface area contributed by atoms with E-state index in [9.17, 15) is 9.18 Å². The fourth-order valence-electron chi connectivity index (χ4n) is 5.21. The lowest BCUT2D eigenvalue weighted by molar-refractivity contribution is -0.137. The number of carbonyl (C=O) groups is 1. The molecule has 0 saturated carbocycles. The van der Waals surface area contributed by atoms with Gasteiger partial charge in [0.2, 0.25) is 5.91 Å². The molecule has 3 aliphatic heterocycles. The molecule has 3 atom stereocenters. The van der Waals surface area contributed by atoms with Gasteiger partial charge in [-0.15, -0.1) is 0 Å². The molecule has 3 fully saturated rings. The summed E-state index contributed by atoms with van der Waals surface area (Å²) >= 11 is 0. The van der Waals surface area contributed by atoms with E-state index in [0.717, 1.165) is 44.8 Å². The second-order valence-corrected chi connectivity index (χ2v) is 8.55. The van der Waals surface area contributed by atoms with Gasteiger partial charge in [-0.3, -0.25) is 14.6 Å². The topological polar surface area (TPSA) is 30.0 Å². The summed E-state index contributed by atoms with van der Waals surface area (Å²) in [6.45, 7) is 11.0. The van der Waals surface area contributed by atoms with Crippen molar-refractivity contribution in [3.8, 4) is 0 Å². The van der Waals surface area contributed by atoms with Crippen molar-refractivity contribution in [1.82, 2.24) is 14.7 Å². The number of benzene rings is 1. The first-order valence-electron chi connectivity index (χ1n) is 10.8. The monoisotopic (exact) mass is 388 g/mol. The number of rotatable bonds is 4. The maximum Gasteiger partial charge on any atom is 0.239 e. The minimum atomic E-state index is -0.200. The standard InChI is InChI=1S/C22H33FN4O/c1-17-21(26-10-3-4-11-26)9-12-27(17)22(28)18(2)24-13-15-25(16-14-24)20-7-5-19(23)6-8-20/h5-8,17-18,21H,3-4,9-16H2,1-2H3. The molecule has 1 aromatic carbocycles. The summed E-state index contributed by atoms with van der Waals surface area (Å²) in [7, 11) is 0. The molecule has 3 saturated heterocycles. The van der Waals surface area contributed by atoms with E-state index in [4.69, 9.17) is 0 Å². The van der Waals surface area contributed by atoms with Crippen LogP contribution in [-0.4, -0.2) is 84.5 Å². The molecule has 6 heteroatoms. The second-order valence-electron chi connectivity index (χ2n) is 8.55. The molecule has 0 bridgehead atoms. The zero-order chi connectivity index (χ0) is 19.7. The average Bonchev–Trinajstić information content (AvgIpc) is 3.37. The molecule has 28 heavy (non-hydrogen) atoms. The van der Waals surface area contributed by atoms with Crippen LogP contribution < -0.4 is 4.90 Å². The highest BCUT2D eigenvalue weighted by Gasteiger charge is 2.40. The molecule has 3 aliphatic rings. The summed E-state index contributed by atoms with van der Waals surface area (Å²) in [5.74, 6) is 0.0815. The molecule has 0 spiro atoms. The number of amides is 1. The second kappa shape index (κ2) is 8.37. The maximum atomic E-state index is 13.2. The number of hydrogen-bond acceptors (Lipinski definition) is 4. The van der Waals surface area contributed by atoms with E-state index in [1.54, 1.807) is 0 Å². The summed E-state index contributed by atoms with van der Waals surface area (Å²) in [5.41, 5.74) is 1.06. The third-order valence-corrected chi connectivity index (χ3v) is 7.02. The van der Waals surface area contributed by atoms with Gasteiger partial charge in [0.1, 0.15) is 5.82 Å². The molecule has 3 unspecified atom stereocenters. The smallest absolute Gasteiger partial charge is 0.239 e. The van der Waals surface area contributed by atoms with E-state index in [1.807, 2.05) is 12.1 Å². The molecule has 154 valence electrons. The molecule has 5 nitrogen and oxygen atoms in total. The minimum absolute atomic E-state index is 0.0739. The van der Waals surface area contributed by atoms with E-state index in [2.05, 4.69) is 33.4 Å². The van der Waals surface area contributed by atoms with Crippen molar-refractivity contribution < 1.29 is 9.18 Å². The zero-order valence-electron chi connectivity index (χ0n) is 17.2. The van der Waals surface area contributed by atoms with Crippen LogP contribution in [0.3, 0.4) is 0 Å². The molecule has 0 aliphatic carbocycles. The maximum absolute atomic E-state index is 13.2. The molecule has 0 N–H and O–H groups in total. The van der Waals surface area contributed by atoms with Crippen LogP contribution in [0.25, 0.3) is 0 Å². The Morgan fingerprint density at radius 2 is 1.64 bits per heavy atom. The predicted molar refractivity (Wildman–Crippen MR) is 110 cm³/mol. The third-order valence-electron chi connectivity index (χ3n) is 7.02. The van der Waals surface area contributed by atoms with Crippen molar-refractivity contribution in [1.29, 1.82) is 0 Å². The quantitative estimate of drug-likeness (QED) is 0.793. The first-order chi connectivity index (χ1) is 13.5. The van der Waals surface area contributed by atoms with Gasteiger partial charge in [0, 0.05) is 50.5 Å². The van der Waals surface area contributed by atoms with Crippen LogP contribution >= 0.6 is 0 Å². The summed E-state index contributed by atoms with van der Waals surface area (Å²) in [6, 6.07) is 7.48. The van der Waals surface area contributed by atoms with Gasteiger partial charge < -0.3 is 9.80 Å². The van der Waals surface area contributed by atoms with E-state index in [-0.39, 0.29) is 17.8 Å². The van der Waals surface area contributed by atoms with Gasteiger partial charge in [-0.2, -0.15) is 0 Å². The lowest BCUT2D eigenvalue weighted by Gasteiger charge is -2.40. The number of likely N-dealkylation sites (tertiary alicyclic amines) is 2. The van der Waals surface area contributed by atoms with Gasteiger partial charge in [-0.05, 0) is 70.5 Å². The Balaban J connectivity index is 1.31. The van der Waals surface area contributed by atoms with E-state index < -0.39 is 0 Å². The molecule has 4 rings (SSSR count). The Morgan fingerprint density at radius 3 is 2.29 bits per heavy atom. The lowest BCUT2D eigenvalue weighted by atomic mass is 10.1. The van der Waals surface area contributed by atoms with Gasteiger partial charge in [-0.1, -0.05) is 0 Å². The highest BCUT2D eigenvalue weighted by molar-refractivity contribution is 5.82. The van der Waals surface area contributed by atoms with Gasteiger partial charge >= 0.3 is 0 Å². The van der Waals surface area contributed by atoms with Crippen molar-refractivity contribution in [3.63, 3.8) is 0 Å². The van der Waals surface area contributed by atoms with E-state index in [1.165, 1.54) is 38.1 Å². The number of hydrogen-bond donors (Lipinski definition) is 0. The molecule has 0 aromatic heterocycles. The third kappa shape index (κ3) is 3.90. The molecular formula is C22H33FN4O. The number of carbonyl (C=O) groups excluding carboxylic acids is 1. The number of nitrogens with zero attached hydrogens (tertiary/aromatic N) is 4. The Kier molecular flexibility index (Phi) is 5.88. The fraction of sp³-hybridized carbons (Fsp3) is 0.682. The van der Waals surface area contributed by atoms with Crippen LogP contribution in [0.5, 0.6) is 0 Å². The summed E-state index contributed by atoms with van der Waals surface area (Å²) in [5, 5.41) is 0. The summed E-state index contributed by atoms with van der Waals surface area (Å²) < 4.78 is 13.1. The van der Waals surface area contributed by atoms with Crippen LogP contribution in [0.1, 0.15) is 33.1 Å². The molecular weight excluding hydrogens is 355 g/mol. The van der Waals surface area contributed by atoms with Crippen LogP contribution in [0.2, 0.25) is 0 Å². The van der Waals surface area contributed by atoms with Gasteiger partial charge in [-0.25, -0.2) is 4.39 Å². The number of piperazine rings is 1. The van der Waals surface area contributed by atoms with Crippen molar-refractivity contribution in [2.24, 2.45) is 0 Å². The molecule has 3 heterocycles. The van der Waals surface area contributed by atoms with Crippen molar-refractivity contribution >= 4 is 11.6 Å². The number of halogens is 1. The van der Waals surface area contributed by atoms with E-state index >= 15 is 0 Å². The Labute approximate surface area is 168 Å². The molecule has 1 amide bonds. The first kappa shape index (κ1) is 19.6. The zero-order valence-corrected chi connectivity index (χ0v) is 17.2. The number of anilines is 1. The summed E-state index contributed by atoms with van der Waals surface area (Å²) in [6.07, 6.45) is 3.70. The Morgan fingerprint density at radius 1 is 1.00 bits per heavy atom. The minimum Gasteiger partial charge on any atom is -0.369 e. The highest BCUT2D eigenvalue weighted by Crippen LogP contribution is 2.27. The van der Waals surface area contributed by atoms with E-state index in [0.29, 0.717) is 12.1 Å². The van der Waals surface area contributed by atoms with Crippen molar-refractivity contribution in [3.05, 3.63) is 30.1 Å². The SMILES string of the molecule is CC(C(=O)N1CCC(N2CCCC2)C1C)N1CCN(c2ccc(F)cc2)CC1. The van der Waals surface area contributed by atoms with Crippen LogP contribution in [0, 0.1) is 5.82 Å². The van der Waals surface area contributed by atoms with Crippen molar-refractivity contribution in [2.45, 2.75) is 51.2 Å². The fourth-order valence-corrected chi connectivity index (χ4v) is 5.21. The molecule has 0 radical (unpaired) electrons. The largest absolute Gasteiger partial charge is 0.369 e. The van der Waals surface area contributed by atoms with Gasteiger partial charge in [0.15, 0.2) is 0 Å². The first-order valence-corrected chi connectivity index (χ1v) is 10.8. The van der Waals surface area contributed by atoms with Crippen LogP contribution in [-0.2, 0) is 4.79 Å². The van der Waals surface area contributed by atoms with Crippen LogP contribution in [0.4, 0.5) is 10.1 Å². The van der Waals surface area contributed by atoms with Gasteiger partial charge in [0.05, 0.1) is 6.04 Å².